The summed E-state index contributed by atoms with van der Waals surface area (Å²) < 4.78 is 1.95. The Morgan fingerprint density at radius 2 is 1.72 bits per heavy atom. The van der Waals surface area contributed by atoms with E-state index in [-0.39, 0.29) is 22.8 Å². The molecule has 2 aliphatic rings. The Morgan fingerprint density at radius 1 is 1.00 bits per heavy atom. The first-order valence-electron chi connectivity index (χ1n) is 9.05. The third kappa shape index (κ3) is 3.27. The van der Waals surface area contributed by atoms with E-state index in [1.165, 1.54) is 37.4 Å². The lowest BCUT2D eigenvalue weighted by Crippen LogP contribution is -2.19. The van der Waals surface area contributed by atoms with Crippen molar-refractivity contribution in [1.82, 2.24) is 9.78 Å². The van der Waals surface area contributed by atoms with Gasteiger partial charge in [0.2, 0.25) is 5.91 Å². The second-order valence-electron chi connectivity index (χ2n) is 6.87. The molecule has 1 aliphatic heterocycles. The number of carbonyl (C=O) groups excluding carboxylic acids is 1. The van der Waals surface area contributed by atoms with E-state index in [2.05, 4.69) is 10.4 Å². The first kappa shape index (κ1) is 16.5. The van der Waals surface area contributed by atoms with Crippen LogP contribution in [0.2, 0.25) is 0 Å². The monoisotopic (exact) mass is 357 g/mol. The van der Waals surface area contributed by atoms with Crippen LogP contribution in [0.15, 0.2) is 35.1 Å². The molecule has 1 aromatic heterocycles. The van der Waals surface area contributed by atoms with Crippen molar-refractivity contribution in [3.8, 4) is 0 Å². The van der Waals surface area contributed by atoms with Gasteiger partial charge < -0.3 is 5.32 Å². The van der Waals surface area contributed by atoms with Crippen LogP contribution in [-0.2, 0) is 4.79 Å². The van der Waals surface area contributed by atoms with E-state index in [1.54, 1.807) is 0 Å². The fourth-order valence-electron chi connectivity index (χ4n) is 3.92. The van der Waals surface area contributed by atoms with Crippen LogP contribution in [0.1, 0.15) is 60.9 Å². The van der Waals surface area contributed by atoms with Gasteiger partial charge in [0, 0.05) is 0 Å². The van der Waals surface area contributed by atoms with E-state index in [4.69, 9.17) is 0 Å². The predicted molar refractivity (Wildman–Crippen MR) is 101 cm³/mol. The van der Waals surface area contributed by atoms with Gasteiger partial charge in [-0.1, -0.05) is 56.0 Å². The average Bonchev–Trinajstić information content (AvgIpc) is 2.84. The maximum absolute atomic E-state index is 12.8. The van der Waals surface area contributed by atoms with Gasteiger partial charge in [-0.05, 0) is 18.4 Å². The molecule has 0 saturated heterocycles. The zero-order valence-corrected chi connectivity index (χ0v) is 15.0. The first-order valence-corrected chi connectivity index (χ1v) is 10.1. The molecule has 1 amide bonds. The number of fused-ring (bicyclic) bond motifs is 1. The summed E-state index contributed by atoms with van der Waals surface area (Å²) in [5.41, 5.74) is 1.67. The molecule has 4 rings (SSSR count). The summed E-state index contributed by atoms with van der Waals surface area (Å²) in [5, 5.41) is 5.92. The molecule has 1 fully saturated rings. The van der Waals surface area contributed by atoms with Crippen molar-refractivity contribution in [2.45, 2.75) is 49.8 Å². The fraction of sp³-hybridized carbons (Fsp3) is 0.474. The first-order chi connectivity index (χ1) is 12.2. The van der Waals surface area contributed by atoms with Crippen LogP contribution >= 0.6 is 11.8 Å². The molecule has 5 nitrogen and oxygen atoms in total. The third-order valence-corrected chi connectivity index (χ3v) is 6.43. The Balaban J connectivity index is 1.80. The highest BCUT2D eigenvalue weighted by Gasteiger charge is 2.32. The number of aromatic amines is 1. The van der Waals surface area contributed by atoms with Crippen LogP contribution in [0.3, 0.4) is 0 Å². The number of benzene rings is 1. The molecule has 1 aromatic carbocycles. The fourth-order valence-corrected chi connectivity index (χ4v) is 5.05. The maximum atomic E-state index is 12.8. The molecule has 25 heavy (non-hydrogen) atoms. The van der Waals surface area contributed by atoms with E-state index in [0.29, 0.717) is 17.1 Å². The zero-order valence-electron chi connectivity index (χ0n) is 14.2. The molecule has 0 radical (unpaired) electrons. The number of thioether (sulfide) groups is 1. The number of nitrogens with zero attached hydrogens (tertiary/aromatic N) is 1. The molecule has 1 atom stereocenters. The number of amides is 1. The van der Waals surface area contributed by atoms with E-state index in [9.17, 15) is 9.59 Å². The Labute approximate surface area is 151 Å². The minimum absolute atomic E-state index is 0.0361. The van der Waals surface area contributed by atoms with Gasteiger partial charge in [-0.3, -0.25) is 19.4 Å². The van der Waals surface area contributed by atoms with Gasteiger partial charge in [-0.2, -0.15) is 0 Å². The van der Waals surface area contributed by atoms with Crippen molar-refractivity contribution in [3.05, 3.63) is 51.8 Å². The molecule has 2 aromatic rings. The number of hydrogen-bond acceptors (Lipinski definition) is 3. The zero-order chi connectivity index (χ0) is 17.2. The molecule has 2 heterocycles. The summed E-state index contributed by atoms with van der Waals surface area (Å²) in [6.07, 6.45) is 6.94. The average molecular weight is 357 g/mol. The topological polar surface area (TPSA) is 66.9 Å². The lowest BCUT2D eigenvalue weighted by Gasteiger charge is -2.19. The van der Waals surface area contributed by atoms with Crippen LogP contribution < -0.4 is 10.9 Å². The third-order valence-electron chi connectivity index (χ3n) is 5.16. The molecular formula is C19H23N3O2S. The number of rotatable bonds is 2. The van der Waals surface area contributed by atoms with Gasteiger partial charge in [0.1, 0.15) is 5.82 Å². The maximum Gasteiger partial charge on any atom is 0.270 e. The molecule has 2 N–H and O–H groups in total. The highest BCUT2D eigenvalue weighted by molar-refractivity contribution is 8.00. The molecule has 1 saturated carbocycles. The number of aromatic nitrogens is 2. The minimum atomic E-state index is -0.120. The van der Waals surface area contributed by atoms with Crippen LogP contribution in [0.4, 0.5) is 5.82 Å². The highest BCUT2D eigenvalue weighted by Crippen LogP contribution is 2.41. The number of hydrogen-bond donors (Lipinski definition) is 2. The Hall–Kier alpha value is -1.95. The second kappa shape index (κ2) is 7.12. The number of H-pyrrole nitrogens is 1. The van der Waals surface area contributed by atoms with Crippen LogP contribution in [-0.4, -0.2) is 21.4 Å². The standard InChI is InChI=1S/C19H23N3O2S/c23-15-12-25-17(13-8-4-3-5-9-13)16-18(20-15)22(21-19(16)24)14-10-6-1-2-7-11-14/h3-5,8-9,14,17H,1-2,6-7,10-12H2,(H,20,23)(H,21,24)/t17-/m1/s1. The SMILES string of the molecule is O=C1CS[C@H](c2ccccc2)c2c(n(C3CCCCCC3)[nH]c2=O)N1. The van der Waals surface area contributed by atoms with E-state index < -0.39 is 0 Å². The lowest BCUT2D eigenvalue weighted by atomic mass is 10.1. The molecule has 6 heteroatoms. The Bertz CT molecular complexity index is 804. The van der Waals surface area contributed by atoms with Crippen LogP contribution in [0.5, 0.6) is 0 Å². The summed E-state index contributed by atoms with van der Waals surface area (Å²) in [4.78, 5) is 25.1. The number of carbonyl (C=O) groups is 1. The van der Waals surface area contributed by atoms with Crippen molar-refractivity contribution in [3.63, 3.8) is 0 Å². The summed E-state index contributed by atoms with van der Waals surface area (Å²) in [6.45, 7) is 0. The van der Waals surface area contributed by atoms with Gasteiger partial charge in [0.15, 0.2) is 0 Å². The normalized spacial score (nSPS) is 21.9. The number of anilines is 1. The van der Waals surface area contributed by atoms with Crippen molar-refractivity contribution in [2.24, 2.45) is 0 Å². The molecule has 0 unspecified atom stereocenters. The lowest BCUT2D eigenvalue weighted by molar-refractivity contribution is -0.113. The summed E-state index contributed by atoms with van der Waals surface area (Å²) in [6, 6.07) is 10.2. The van der Waals surface area contributed by atoms with Crippen LogP contribution in [0.25, 0.3) is 0 Å². The van der Waals surface area contributed by atoms with Crippen molar-refractivity contribution >= 4 is 23.5 Å². The summed E-state index contributed by atoms with van der Waals surface area (Å²) in [7, 11) is 0. The van der Waals surface area contributed by atoms with E-state index >= 15 is 0 Å². The predicted octanol–water partition coefficient (Wildman–Crippen LogP) is 3.85. The molecular weight excluding hydrogens is 334 g/mol. The minimum Gasteiger partial charge on any atom is -0.310 e. The second-order valence-corrected chi connectivity index (χ2v) is 7.96. The van der Waals surface area contributed by atoms with E-state index in [1.807, 2.05) is 35.0 Å². The number of nitrogens with one attached hydrogen (secondary N) is 2. The van der Waals surface area contributed by atoms with Crippen molar-refractivity contribution < 1.29 is 4.79 Å². The van der Waals surface area contributed by atoms with Crippen LogP contribution in [0, 0.1) is 0 Å². The van der Waals surface area contributed by atoms with Gasteiger partial charge in [0.05, 0.1) is 22.6 Å². The summed E-state index contributed by atoms with van der Waals surface area (Å²) in [5.74, 6) is 1.00. The molecule has 0 bridgehead atoms. The molecule has 132 valence electrons. The summed E-state index contributed by atoms with van der Waals surface area (Å²) >= 11 is 1.52. The smallest absolute Gasteiger partial charge is 0.270 e. The van der Waals surface area contributed by atoms with Gasteiger partial charge in [0.25, 0.3) is 5.56 Å². The van der Waals surface area contributed by atoms with Gasteiger partial charge in [-0.15, -0.1) is 11.8 Å². The Morgan fingerprint density at radius 3 is 2.44 bits per heavy atom. The largest absolute Gasteiger partial charge is 0.310 e. The highest BCUT2D eigenvalue weighted by atomic mass is 32.2. The van der Waals surface area contributed by atoms with Crippen molar-refractivity contribution in [1.29, 1.82) is 0 Å². The van der Waals surface area contributed by atoms with Gasteiger partial charge >= 0.3 is 0 Å². The van der Waals surface area contributed by atoms with Gasteiger partial charge in [-0.25, -0.2) is 0 Å². The quantitative estimate of drug-likeness (QED) is 0.803. The molecule has 0 spiro atoms. The van der Waals surface area contributed by atoms with E-state index in [0.717, 1.165) is 18.4 Å². The Kier molecular flexibility index (Phi) is 4.70. The molecule has 1 aliphatic carbocycles. The van der Waals surface area contributed by atoms with Crippen molar-refractivity contribution in [2.75, 3.05) is 11.1 Å².